The van der Waals surface area contributed by atoms with Gasteiger partial charge in [-0.3, -0.25) is 20.2 Å². The van der Waals surface area contributed by atoms with Crippen LogP contribution in [0.1, 0.15) is 33.3 Å². The molecular weight excluding hydrogens is 252 g/mol. The zero-order valence-electron chi connectivity index (χ0n) is 11.1. The predicted molar refractivity (Wildman–Crippen MR) is 67.5 cm³/mol. The minimum absolute atomic E-state index is 0.130. The van der Waals surface area contributed by atoms with Crippen LogP contribution in [0.5, 0.6) is 5.75 Å². The molecule has 0 N–H and O–H groups in total. The molecule has 2 rings (SSSR count). The molecule has 0 atom stereocenters. The van der Waals surface area contributed by atoms with Crippen LogP contribution in [-0.2, 0) is 5.41 Å². The normalized spacial score (nSPS) is 18.5. The summed E-state index contributed by atoms with van der Waals surface area (Å²) in [5.74, 6) is 0.130. The van der Waals surface area contributed by atoms with Gasteiger partial charge in [0.05, 0.1) is 15.9 Å². The van der Waals surface area contributed by atoms with Crippen LogP contribution in [0.15, 0.2) is 12.1 Å². The Kier molecular flexibility index (Phi) is 2.55. The molecule has 102 valence electrons. The quantitative estimate of drug-likeness (QED) is 0.605. The van der Waals surface area contributed by atoms with E-state index in [1.807, 2.05) is 27.7 Å². The number of hydrogen-bond acceptors (Lipinski definition) is 5. The van der Waals surface area contributed by atoms with Crippen molar-refractivity contribution in [1.29, 1.82) is 0 Å². The molecule has 0 unspecified atom stereocenters. The molecule has 0 fully saturated rings. The smallest absolute Gasteiger partial charge is 0.318 e. The fourth-order valence-corrected chi connectivity index (χ4v) is 2.12. The third kappa shape index (κ3) is 1.73. The van der Waals surface area contributed by atoms with Crippen LogP contribution < -0.4 is 4.74 Å². The van der Waals surface area contributed by atoms with Crippen LogP contribution in [0.2, 0.25) is 0 Å². The number of nitro benzene ring substituents is 2. The van der Waals surface area contributed by atoms with Gasteiger partial charge in [0, 0.05) is 17.0 Å². The molecular formula is C12H14N2O5. The Morgan fingerprint density at radius 1 is 1.05 bits per heavy atom. The average molecular weight is 266 g/mol. The maximum atomic E-state index is 11.1. The van der Waals surface area contributed by atoms with Crippen LogP contribution in [0, 0.1) is 20.2 Å². The van der Waals surface area contributed by atoms with Crippen molar-refractivity contribution in [3.05, 3.63) is 37.9 Å². The van der Waals surface area contributed by atoms with Gasteiger partial charge in [0.2, 0.25) is 5.75 Å². The molecule has 0 aromatic heterocycles. The Morgan fingerprint density at radius 2 is 1.63 bits per heavy atom. The van der Waals surface area contributed by atoms with Gasteiger partial charge in [-0.05, 0) is 13.8 Å². The van der Waals surface area contributed by atoms with E-state index in [2.05, 4.69) is 0 Å². The first-order chi connectivity index (χ1) is 8.58. The van der Waals surface area contributed by atoms with E-state index >= 15 is 0 Å². The van der Waals surface area contributed by atoms with Crippen LogP contribution in [0.3, 0.4) is 0 Å². The second-order valence-corrected chi connectivity index (χ2v) is 5.59. The molecule has 0 saturated heterocycles. The Labute approximate surface area is 109 Å². The third-order valence-corrected chi connectivity index (χ3v) is 4.00. The van der Waals surface area contributed by atoms with E-state index in [1.54, 1.807) is 0 Å². The number of hydrogen-bond donors (Lipinski definition) is 0. The molecule has 7 nitrogen and oxygen atoms in total. The SMILES string of the molecule is CC1(C)Oc2c([N+](=O)[O-])cc([N+](=O)[O-])cc2C1(C)C. The summed E-state index contributed by atoms with van der Waals surface area (Å²) < 4.78 is 5.67. The van der Waals surface area contributed by atoms with Gasteiger partial charge in [0.25, 0.3) is 5.69 Å². The molecule has 0 spiro atoms. The number of nitrogens with zero attached hydrogens (tertiary/aromatic N) is 2. The lowest BCUT2D eigenvalue weighted by atomic mass is 9.73. The first-order valence-corrected chi connectivity index (χ1v) is 5.74. The van der Waals surface area contributed by atoms with Crippen molar-refractivity contribution in [1.82, 2.24) is 0 Å². The highest BCUT2D eigenvalue weighted by atomic mass is 16.6. The van der Waals surface area contributed by atoms with E-state index in [-0.39, 0.29) is 17.1 Å². The van der Waals surface area contributed by atoms with Gasteiger partial charge < -0.3 is 4.74 Å². The zero-order chi connectivity index (χ0) is 14.6. The summed E-state index contributed by atoms with van der Waals surface area (Å²) in [5.41, 5.74) is -1.38. The number of nitro groups is 2. The summed E-state index contributed by atoms with van der Waals surface area (Å²) in [6, 6.07) is 2.30. The summed E-state index contributed by atoms with van der Waals surface area (Å²) in [6.45, 7) is 7.32. The second-order valence-electron chi connectivity index (χ2n) is 5.59. The lowest BCUT2D eigenvalue weighted by Crippen LogP contribution is -2.42. The van der Waals surface area contributed by atoms with Crippen molar-refractivity contribution in [2.45, 2.75) is 38.7 Å². The van der Waals surface area contributed by atoms with Crippen molar-refractivity contribution < 1.29 is 14.6 Å². The summed E-state index contributed by atoms with van der Waals surface area (Å²) in [5, 5.41) is 22.0. The van der Waals surface area contributed by atoms with E-state index in [1.165, 1.54) is 6.07 Å². The standard InChI is InChI=1S/C12H14N2O5/c1-11(2)8-5-7(13(15)16)6-9(14(17)18)10(8)19-12(11,3)4/h5-6H,1-4H3. The molecule has 0 radical (unpaired) electrons. The number of rotatable bonds is 2. The Balaban J connectivity index is 2.78. The zero-order valence-corrected chi connectivity index (χ0v) is 11.1. The monoisotopic (exact) mass is 266 g/mol. The van der Waals surface area contributed by atoms with Crippen molar-refractivity contribution >= 4 is 11.4 Å². The van der Waals surface area contributed by atoms with E-state index in [4.69, 9.17) is 4.74 Å². The van der Waals surface area contributed by atoms with Gasteiger partial charge in [-0.15, -0.1) is 0 Å². The minimum Gasteiger partial charge on any atom is -0.480 e. The van der Waals surface area contributed by atoms with E-state index in [0.717, 1.165) is 6.07 Å². The van der Waals surface area contributed by atoms with Crippen molar-refractivity contribution in [2.75, 3.05) is 0 Å². The molecule has 19 heavy (non-hydrogen) atoms. The largest absolute Gasteiger partial charge is 0.480 e. The molecule has 0 saturated carbocycles. The van der Waals surface area contributed by atoms with E-state index in [9.17, 15) is 20.2 Å². The topological polar surface area (TPSA) is 95.5 Å². The molecule has 1 aliphatic rings. The molecule has 0 amide bonds. The Hall–Kier alpha value is -2.18. The molecule has 0 bridgehead atoms. The van der Waals surface area contributed by atoms with E-state index < -0.39 is 20.9 Å². The maximum Gasteiger partial charge on any atom is 0.318 e. The maximum absolute atomic E-state index is 11.1. The van der Waals surface area contributed by atoms with Crippen LogP contribution in [-0.4, -0.2) is 15.4 Å². The lowest BCUT2D eigenvalue weighted by molar-refractivity contribution is -0.394. The first-order valence-electron chi connectivity index (χ1n) is 5.74. The summed E-state index contributed by atoms with van der Waals surface area (Å²) in [7, 11) is 0. The summed E-state index contributed by atoms with van der Waals surface area (Å²) >= 11 is 0. The average Bonchev–Trinajstić information content (AvgIpc) is 2.44. The Morgan fingerprint density at radius 3 is 2.11 bits per heavy atom. The molecule has 1 aromatic carbocycles. The summed E-state index contributed by atoms with van der Waals surface area (Å²) in [4.78, 5) is 20.7. The minimum atomic E-state index is -0.671. The van der Waals surface area contributed by atoms with Crippen molar-refractivity contribution in [3.63, 3.8) is 0 Å². The fourth-order valence-electron chi connectivity index (χ4n) is 2.12. The molecule has 1 aromatic rings. The van der Waals surface area contributed by atoms with Gasteiger partial charge in [-0.25, -0.2) is 0 Å². The van der Waals surface area contributed by atoms with Gasteiger partial charge in [-0.1, -0.05) is 13.8 Å². The van der Waals surface area contributed by atoms with E-state index in [0.29, 0.717) is 5.56 Å². The molecule has 1 aliphatic heterocycles. The van der Waals surface area contributed by atoms with Crippen LogP contribution in [0.25, 0.3) is 0 Å². The molecule has 1 heterocycles. The van der Waals surface area contributed by atoms with Gasteiger partial charge in [0.1, 0.15) is 5.60 Å². The van der Waals surface area contributed by atoms with Crippen molar-refractivity contribution in [2.24, 2.45) is 0 Å². The fraction of sp³-hybridized carbons (Fsp3) is 0.500. The van der Waals surface area contributed by atoms with Crippen LogP contribution >= 0.6 is 0 Å². The number of benzene rings is 1. The van der Waals surface area contributed by atoms with Gasteiger partial charge in [0.15, 0.2) is 0 Å². The number of non-ortho nitro benzene ring substituents is 1. The van der Waals surface area contributed by atoms with Crippen LogP contribution in [0.4, 0.5) is 11.4 Å². The van der Waals surface area contributed by atoms with Gasteiger partial charge in [-0.2, -0.15) is 0 Å². The number of fused-ring (bicyclic) bond motifs is 1. The van der Waals surface area contributed by atoms with Gasteiger partial charge >= 0.3 is 5.69 Å². The molecule has 0 aliphatic carbocycles. The molecule has 7 heteroatoms. The number of ether oxygens (including phenoxy) is 1. The highest BCUT2D eigenvalue weighted by molar-refractivity contribution is 5.63. The lowest BCUT2D eigenvalue weighted by Gasteiger charge is -2.33. The third-order valence-electron chi connectivity index (χ3n) is 4.00. The highest BCUT2D eigenvalue weighted by Gasteiger charge is 2.51. The first kappa shape index (κ1) is 13.3. The highest BCUT2D eigenvalue weighted by Crippen LogP contribution is 2.53. The second kappa shape index (κ2) is 3.66. The van der Waals surface area contributed by atoms with Crippen molar-refractivity contribution in [3.8, 4) is 5.75 Å². The predicted octanol–water partition coefficient (Wildman–Crippen LogP) is 2.95. The summed E-state index contributed by atoms with van der Waals surface area (Å²) in [6.07, 6.45) is 0. The Bertz CT molecular complexity index is 592.